The van der Waals surface area contributed by atoms with Gasteiger partial charge in [-0.3, -0.25) is 10.1 Å². The summed E-state index contributed by atoms with van der Waals surface area (Å²) in [5.41, 5.74) is 1.13. The number of piperazine rings is 1. The summed E-state index contributed by atoms with van der Waals surface area (Å²) in [4.78, 5) is 13.8. The molecule has 0 saturated carbocycles. The molecule has 0 amide bonds. The van der Waals surface area contributed by atoms with Crippen molar-refractivity contribution in [2.75, 3.05) is 51.3 Å². The van der Waals surface area contributed by atoms with Crippen LogP contribution in [0.2, 0.25) is 0 Å². The summed E-state index contributed by atoms with van der Waals surface area (Å²) in [7, 11) is 1.59. The van der Waals surface area contributed by atoms with E-state index in [2.05, 4.69) is 4.90 Å². The van der Waals surface area contributed by atoms with Crippen LogP contribution in [0.3, 0.4) is 0 Å². The minimum absolute atomic E-state index is 0.116. The van der Waals surface area contributed by atoms with E-state index in [4.69, 9.17) is 4.74 Å². The molecule has 1 heterocycles. The number of nitro groups is 1. The molecular formula is C14H22N3O4+. The number of nitro benzene ring substituents is 1. The van der Waals surface area contributed by atoms with Crippen LogP contribution in [0.15, 0.2) is 24.3 Å². The Morgan fingerprint density at radius 3 is 2.52 bits per heavy atom. The number of rotatable bonds is 6. The van der Waals surface area contributed by atoms with Gasteiger partial charge in [0.15, 0.2) is 0 Å². The van der Waals surface area contributed by atoms with Gasteiger partial charge >= 0.3 is 0 Å². The number of nitrogens with one attached hydrogen (secondary N) is 1. The molecule has 116 valence electrons. The number of ether oxygens (including phenoxy) is 1. The first-order valence-electron chi connectivity index (χ1n) is 7.10. The molecule has 2 N–H and O–H groups in total. The fraction of sp³-hybridized carbons (Fsp3) is 0.571. The van der Waals surface area contributed by atoms with Crippen molar-refractivity contribution in [3.63, 3.8) is 0 Å². The Morgan fingerprint density at radius 1 is 1.38 bits per heavy atom. The van der Waals surface area contributed by atoms with Crippen molar-refractivity contribution >= 4 is 11.4 Å². The van der Waals surface area contributed by atoms with E-state index in [0.29, 0.717) is 13.2 Å². The highest BCUT2D eigenvalue weighted by Gasteiger charge is 2.22. The third-order valence-electron chi connectivity index (χ3n) is 3.78. The summed E-state index contributed by atoms with van der Waals surface area (Å²) in [5.74, 6) is 0. The van der Waals surface area contributed by atoms with E-state index in [1.807, 2.05) is 0 Å². The number of hydrogen-bond donors (Lipinski definition) is 2. The van der Waals surface area contributed by atoms with Gasteiger partial charge in [-0.25, -0.2) is 0 Å². The number of aliphatic hydroxyl groups is 1. The number of non-ortho nitro benzene ring substituents is 1. The van der Waals surface area contributed by atoms with Crippen molar-refractivity contribution in [3.05, 3.63) is 34.4 Å². The summed E-state index contributed by atoms with van der Waals surface area (Å²) in [6.07, 6.45) is -0.420. The first-order chi connectivity index (χ1) is 10.1. The molecule has 1 atom stereocenters. The minimum atomic E-state index is -0.420. The Hall–Kier alpha value is -1.70. The lowest BCUT2D eigenvalue weighted by atomic mass is 10.2. The molecule has 0 bridgehead atoms. The maximum Gasteiger partial charge on any atom is 0.269 e. The number of nitrogens with zero attached hydrogens (tertiary/aromatic N) is 2. The van der Waals surface area contributed by atoms with Crippen LogP contribution in [-0.4, -0.2) is 62.6 Å². The Kier molecular flexibility index (Phi) is 5.49. The first-order valence-corrected chi connectivity index (χ1v) is 7.10. The van der Waals surface area contributed by atoms with Gasteiger partial charge in [0, 0.05) is 24.9 Å². The lowest BCUT2D eigenvalue weighted by Crippen LogP contribution is -3.16. The molecule has 1 aliphatic heterocycles. The number of methoxy groups -OCH3 is 1. The van der Waals surface area contributed by atoms with Gasteiger partial charge in [0.1, 0.15) is 12.6 Å². The monoisotopic (exact) mass is 296 g/mol. The lowest BCUT2D eigenvalue weighted by molar-refractivity contribution is -0.903. The van der Waals surface area contributed by atoms with E-state index >= 15 is 0 Å². The Bertz CT molecular complexity index is 458. The van der Waals surface area contributed by atoms with Crippen LogP contribution in [-0.2, 0) is 4.74 Å². The molecule has 0 unspecified atom stereocenters. The number of quaternary nitrogens is 1. The highest BCUT2D eigenvalue weighted by atomic mass is 16.6. The molecule has 7 nitrogen and oxygen atoms in total. The lowest BCUT2D eigenvalue weighted by Gasteiger charge is -2.34. The minimum Gasteiger partial charge on any atom is -0.385 e. The van der Waals surface area contributed by atoms with Crippen molar-refractivity contribution in [2.24, 2.45) is 0 Å². The molecule has 2 rings (SSSR count). The summed E-state index contributed by atoms with van der Waals surface area (Å²) in [6, 6.07) is 6.67. The first kappa shape index (κ1) is 15.7. The molecule has 1 aromatic rings. The summed E-state index contributed by atoms with van der Waals surface area (Å²) >= 11 is 0. The molecule has 0 aliphatic carbocycles. The maximum atomic E-state index is 10.6. The van der Waals surface area contributed by atoms with E-state index in [-0.39, 0.29) is 10.6 Å². The molecule has 1 aromatic carbocycles. The standard InChI is InChI=1S/C14H21N3O4/c1-21-11-14(18)10-15-6-8-16(9-7-15)12-2-4-13(5-3-12)17(19)20/h2-5,14,18H,6-11H2,1H3/p+1/t14-/m1/s1. The van der Waals surface area contributed by atoms with Crippen LogP contribution in [0.5, 0.6) is 0 Å². The predicted molar refractivity (Wildman–Crippen MR) is 78.8 cm³/mol. The molecule has 1 fully saturated rings. The van der Waals surface area contributed by atoms with Crippen LogP contribution >= 0.6 is 0 Å². The highest BCUT2D eigenvalue weighted by molar-refractivity contribution is 5.50. The van der Waals surface area contributed by atoms with E-state index in [9.17, 15) is 15.2 Å². The van der Waals surface area contributed by atoms with E-state index in [1.54, 1.807) is 19.2 Å². The second-order valence-electron chi connectivity index (χ2n) is 5.32. The van der Waals surface area contributed by atoms with Gasteiger partial charge in [-0.2, -0.15) is 0 Å². The van der Waals surface area contributed by atoms with Crippen LogP contribution in [0.1, 0.15) is 0 Å². The Morgan fingerprint density at radius 2 is 2.00 bits per heavy atom. The molecule has 0 spiro atoms. The van der Waals surface area contributed by atoms with Crippen LogP contribution < -0.4 is 9.80 Å². The number of aliphatic hydroxyl groups excluding tert-OH is 1. The fourth-order valence-electron chi connectivity index (χ4n) is 2.65. The average Bonchev–Trinajstić information content (AvgIpc) is 2.48. The smallest absolute Gasteiger partial charge is 0.269 e. The molecular weight excluding hydrogens is 274 g/mol. The third kappa shape index (κ3) is 4.38. The van der Waals surface area contributed by atoms with Crippen LogP contribution in [0, 0.1) is 10.1 Å². The molecule has 0 aromatic heterocycles. The zero-order valence-corrected chi connectivity index (χ0v) is 12.2. The van der Waals surface area contributed by atoms with Gasteiger partial charge in [0.05, 0.1) is 37.7 Å². The van der Waals surface area contributed by atoms with E-state index in [1.165, 1.54) is 17.0 Å². The van der Waals surface area contributed by atoms with E-state index < -0.39 is 6.10 Å². The van der Waals surface area contributed by atoms with Crippen molar-refractivity contribution in [3.8, 4) is 0 Å². The van der Waals surface area contributed by atoms with Crippen molar-refractivity contribution in [2.45, 2.75) is 6.10 Å². The van der Waals surface area contributed by atoms with Crippen molar-refractivity contribution in [1.82, 2.24) is 0 Å². The molecule has 7 heteroatoms. The van der Waals surface area contributed by atoms with Gasteiger partial charge in [-0.1, -0.05) is 0 Å². The Balaban J connectivity index is 1.84. The topological polar surface area (TPSA) is 80.3 Å². The number of benzene rings is 1. The molecule has 21 heavy (non-hydrogen) atoms. The molecule has 0 radical (unpaired) electrons. The van der Waals surface area contributed by atoms with E-state index in [0.717, 1.165) is 31.9 Å². The number of anilines is 1. The highest BCUT2D eigenvalue weighted by Crippen LogP contribution is 2.19. The SMILES string of the molecule is COC[C@H](O)C[NH+]1CCN(c2ccc([N+](=O)[O-])cc2)CC1. The second kappa shape index (κ2) is 7.35. The zero-order valence-electron chi connectivity index (χ0n) is 12.2. The normalized spacial score (nSPS) is 17.7. The largest absolute Gasteiger partial charge is 0.385 e. The van der Waals surface area contributed by atoms with Crippen molar-refractivity contribution in [1.29, 1.82) is 0 Å². The molecule has 1 saturated heterocycles. The van der Waals surface area contributed by atoms with Gasteiger partial charge in [0.25, 0.3) is 5.69 Å². The fourth-order valence-corrected chi connectivity index (χ4v) is 2.65. The van der Waals surface area contributed by atoms with Gasteiger partial charge in [0.2, 0.25) is 0 Å². The average molecular weight is 296 g/mol. The maximum absolute atomic E-state index is 10.6. The second-order valence-corrected chi connectivity index (χ2v) is 5.32. The van der Waals surface area contributed by atoms with Gasteiger partial charge in [-0.15, -0.1) is 0 Å². The van der Waals surface area contributed by atoms with Crippen LogP contribution in [0.25, 0.3) is 0 Å². The summed E-state index contributed by atoms with van der Waals surface area (Å²) in [5, 5.41) is 20.4. The zero-order chi connectivity index (χ0) is 15.2. The summed E-state index contributed by atoms with van der Waals surface area (Å²) < 4.78 is 4.94. The quantitative estimate of drug-likeness (QED) is 0.536. The van der Waals surface area contributed by atoms with Crippen molar-refractivity contribution < 1.29 is 19.7 Å². The third-order valence-corrected chi connectivity index (χ3v) is 3.78. The van der Waals surface area contributed by atoms with Gasteiger partial charge in [-0.05, 0) is 12.1 Å². The predicted octanol–water partition coefficient (Wildman–Crippen LogP) is -0.693. The Labute approximate surface area is 123 Å². The van der Waals surface area contributed by atoms with Crippen LogP contribution in [0.4, 0.5) is 11.4 Å². The summed E-state index contributed by atoms with van der Waals surface area (Å²) in [6.45, 7) is 4.72. The molecule has 1 aliphatic rings. The number of hydrogen-bond acceptors (Lipinski definition) is 5. The van der Waals surface area contributed by atoms with Gasteiger partial charge < -0.3 is 19.6 Å².